The molecule has 5 aromatic rings. The minimum Gasteiger partial charge on any atom is -0.346 e. The van der Waals surface area contributed by atoms with Gasteiger partial charge in [-0.1, -0.05) is 23.7 Å². The van der Waals surface area contributed by atoms with Gasteiger partial charge >= 0.3 is 0 Å². The Bertz CT molecular complexity index is 1510. The van der Waals surface area contributed by atoms with E-state index in [1.807, 2.05) is 41.1 Å². The Balaban J connectivity index is 1.87. The number of rotatable bonds is 2. The predicted octanol–water partition coefficient (Wildman–Crippen LogP) is 4.43. The van der Waals surface area contributed by atoms with E-state index in [4.69, 9.17) is 16.6 Å². The largest absolute Gasteiger partial charge is 0.346 e. The average Bonchev–Trinajstić information content (AvgIpc) is 3.23. The number of hydrogen-bond donors (Lipinski definition) is 1. The monoisotopic (exact) mass is 397 g/mol. The van der Waals surface area contributed by atoms with Gasteiger partial charge in [0.15, 0.2) is 11.1 Å². The van der Waals surface area contributed by atoms with Crippen LogP contribution in [0.25, 0.3) is 39.1 Å². The van der Waals surface area contributed by atoms with Crippen LogP contribution in [0.2, 0.25) is 5.02 Å². The number of hydrogen-bond acceptors (Lipinski definition) is 4. The maximum absolute atomic E-state index is 12.4. The van der Waals surface area contributed by atoms with Crippen molar-refractivity contribution in [2.24, 2.45) is 0 Å². The maximum Gasteiger partial charge on any atom is 0.191 e. The first-order valence-corrected chi connectivity index (χ1v) is 9.17. The molecule has 0 unspecified atom stereocenters. The Labute approximate surface area is 169 Å². The van der Waals surface area contributed by atoms with Crippen molar-refractivity contribution in [3.63, 3.8) is 0 Å². The highest BCUT2D eigenvalue weighted by Crippen LogP contribution is 2.34. The summed E-state index contributed by atoms with van der Waals surface area (Å²) in [5.41, 5.74) is 4.47. The first-order chi connectivity index (χ1) is 14.1. The van der Waals surface area contributed by atoms with Crippen molar-refractivity contribution in [3.05, 3.63) is 88.1 Å². The highest BCUT2D eigenvalue weighted by molar-refractivity contribution is 6.33. The molecule has 0 aliphatic carbocycles. The smallest absolute Gasteiger partial charge is 0.191 e. The molecule has 0 bridgehead atoms. The van der Waals surface area contributed by atoms with Crippen molar-refractivity contribution >= 4 is 28.3 Å². The number of nitrogens with one attached hydrogen (secondary N) is 1. The zero-order chi connectivity index (χ0) is 20.0. The molecule has 0 radical (unpaired) electrons. The van der Waals surface area contributed by atoms with E-state index in [0.717, 1.165) is 16.7 Å². The quantitative estimate of drug-likeness (QED) is 0.477. The lowest BCUT2D eigenvalue weighted by molar-refractivity contribution is 1.19. The molecular weight excluding hydrogens is 386 g/mol. The van der Waals surface area contributed by atoms with Crippen molar-refractivity contribution in [2.75, 3.05) is 0 Å². The van der Waals surface area contributed by atoms with Crippen LogP contribution in [0.3, 0.4) is 0 Å². The lowest BCUT2D eigenvalue weighted by atomic mass is 9.98. The second kappa shape index (κ2) is 6.59. The fourth-order valence-electron chi connectivity index (χ4n) is 3.41. The third-order valence-corrected chi connectivity index (χ3v) is 5.04. The van der Waals surface area contributed by atoms with Gasteiger partial charge in [-0.3, -0.25) is 4.79 Å². The molecular formula is C22H12ClN5O. The summed E-state index contributed by atoms with van der Waals surface area (Å²) in [4.78, 5) is 24.4. The zero-order valence-corrected chi connectivity index (χ0v) is 15.7. The number of fused-ring (bicyclic) bond motifs is 2. The van der Waals surface area contributed by atoms with Crippen molar-refractivity contribution in [1.82, 2.24) is 19.4 Å². The lowest BCUT2D eigenvalue weighted by Gasteiger charge is -2.12. The van der Waals surface area contributed by atoms with Crippen molar-refractivity contribution in [3.8, 4) is 28.5 Å². The number of aromatic amines is 1. The molecule has 0 aliphatic rings. The first-order valence-electron chi connectivity index (χ1n) is 8.79. The Morgan fingerprint density at radius 2 is 2.03 bits per heavy atom. The van der Waals surface area contributed by atoms with E-state index in [2.05, 4.69) is 16.0 Å². The summed E-state index contributed by atoms with van der Waals surface area (Å²) >= 11 is 6.43. The number of nitriles is 1. The molecule has 4 heterocycles. The molecule has 0 saturated carbocycles. The Morgan fingerprint density at radius 3 is 2.90 bits per heavy atom. The molecule has 1 aromatic carbocycles. The Kier molecular flexibility index (Phi) is 3.90. The standard InChI is InChI=1S/C22H12ClN5O/c23-18-9-15(12-28-7-6-26-22(18)28)16-10-17-19(29)4-5-25-21(17)27-20(16)14-3-1-2-13(8-14)11-24/h1-10,12H,(H,25,27,29). The third kappa shape index (κ3) is 2.85. The minimum atomic E-state index is -0.125. The number of aromatic nitrogens is 4. The maximum atomic E-state index is 12.4. The van der Waals surface area contributed by atoms with Crippen LogP contribution >= 0.6 is 11.6 Å². The molecule has 29 heavy (non-hydrogen) atoms. The van der Waals surface area contributed by atoms with Gasteiger partial charge in [-0.25, -0.2) is 9.97 Å². The molecule has 0 saturated heterocycles. The summed E-state index contributed by atoms with van der Waals surface area (Å²) < 4.78 is 1.83. The molecule has 7 heteroatoms. The van der Waals surface area contributed by atoms with Gasteiger partial charge in [0, 0.05) is 47.5 Å². The summed E-state index contributed by atoms with van der Waals surface area (Å²) in [5.74, 6) is 0. The topological polar surface area (TPSA) is 86.8 Å². The normalized spacial score (nSPS) is 11.0. The minimum absolute atomic E-state index is 0.125. The second-order valence-corrected chi connectivity index (χ2v) is 6.96. The summed E-state index contributed by atoms with van der Waals surface area (Å²) in [6.45, 7) is 0. The molecule has 138 valence electrons. The van der Waals surface area contributed by atoms with Gasteiger partial charge in [0.25, 0.3) is 0 Å². The van der Waals surface area contributed by atoms with Crippen molar-refractivity contribution < 1.29 is 0 Å². The molecule has 4 aromatic heterocycles. The van der Waals surface area contributed by atoms with Crippen molar-refractivity contribution in [1.29, 1.82) is 5.26 Å². The van der Waals surface area contributed by atoms with Crippen molar-refractivity contribution in [2.45, 2.75) is 0 Å². The van der Waals surface area contributed by atoms with E-state index in [9.17, 15) is 10.1 Å². The fourth-order valence-corrected chi connectivity index (χ4v) is 3.67. The zero-order valence-electron chi connectivity index (χ0n) is 14.9. The molecule has 0 spiro atoms. The number of imidazole rings is 1. The SMILES string of the molecule is N#Cc1cccc(-c2nc3[nH]ccc(=O)c3cc2-c2cc(Cl)c3nccn3c2)c1. The molecule has 0 amide bonds. The highest BCUT2D eigenvalue weighted by Gasteiger charge is 2.15. The lowest BCUT2D eigenvalue weighted by Crippen LogP contribution is -2.03. The molecule has 5 rings (SSSR count). The van der Waals surface area contributed by atoms with Crippen LogP contribution in [0.1, 0.15) is 5.56 Å². The molecule has 0 atom stereocenters. The van der Waals surface area contributed by atoms with E-state index < -0.39 is 0 Å². The molecule has 0 aliphatic heterocycles. The summed E-state index contributed by atoms with van der Waals surface area (Å²) in [5, 5.41) is 10.3. The number of benzene rings is 1. The number of pyridine rings is 3. The Morgan fingerprint density at radius 1 is 1.14 bits per heavy atom. The van der Waals surface area contributed by atoms with E-state index in [1.165, 1.54) is 6.07 Å². The fraction of sp³-hybridized carbons (Fsp3) is 0. The van der Waals surface area contributed by atoms with Crippen LogP contribution in [0.4, 0.5) is 0 Å². The van der Waals surface area contributed by atoms with E-state index in [-0.39, 0.29) is 5.43 Å². The first kappa shape index (κ1) is 17.2. The van der Waals surface area contributed by atoms with Gasteiger partial charge in [-0.2, -0.15) is 5.26 Å². The van der Waals surface area contributed by atoms with Crippen LogP contribution in [-0.2, 0) is 0 Å². The highest BCUT2D eigenvalue weighted by atomic mass is 35.5. The van der Waals surface area contributed by atoms with Gasteiger partial charge in [-0.05, 0) is 24.3 Å². The van der Waals surface area contributed by atoms with E-state index in [0.29, 0.717) is 33.0 Å². The third-order valence-electron chi connectivity index (χ3n) is 4.76. The van der Waals surface area contributed by atoms with Crippen LogP contribution in [0.15, 0.2) is 72.0 Å². The Hall–Kier alpha value is -3.95. The van der Waals surface area contributed by atoms with Gasteiger partial charge in [0.1, 0.15) is 5.65 Å². The molecule has 1 N–H and O–H groups in total. The van der Waals surface area contributed by atoms with Gasteiger partial charge in [0.05, 0.1) is 27.7 Å². The van der Waals surface area contributed by atoms with Crippen LogP contribution < -0.4 is 5.43 Å². The summed E-state index contributed by atoms with van der Waals surface area (Å²) in [6, 6.07) is 14.4. The van der Waals surface area contributed by atoms with E-state index >= 15 is 0 Å². The van der Waals surface area contributed by atoms with Crippen LogP contribution in [0.5, 0.6) is 0 Å². The van der Waals surface area contributed by atoms with Crippen LogP contribution in [-0.4, -0.2) is 19.4 Å². The van der Waals surface area contributed by atoms with E-state index in [1.54, 1.807) is 24.5 Å². The number of halogens is 1. The molecule has 6 nitrogen and oxygen atoms in total. The average molecular weight is 398 g/mol. The molecule has 0 fully saturated rings. The number of H-pyrrole nitrogens is 1. The van der Waals surface area contributed by atoms with Gasteiger partial charge < -0.3 is 9.38 Å². The van der Waals surface area contributed by atoms with Crippen LogP contribution in [0, 0.1) is 11.3 Å². The second-order valence-electron chi connectivity index (χ2n) is 6.55. The predicted molar refractivity (Wildman–Crippen MR) is 112 cm³/mol. The van der Waals surface area contributed by atoms with Gasteiger partial charge in [-0.15, -0.1) is 0 Å². The number of nitrogens with zero attached hydrogens (tertiary/aromatic N) is 4. The summed E-state index contributed by atoms with van der Waals surface area (Å²) in [6.07, 6.45) is 6.95. The summed E-state index contributed by atoms with van der Waals surface area (Å²) in [7, 11) is 0. The van der Waals surface area contributed by atoms with Gasteiger partial charge in [0.2, 0.25) is 0 Å².